The fourth-order valence-electron chi connectivity index (χ4n) is 6.76. The van der Waals surface area contributed by atoms with E-state index in [9.17, 15) is 0 Å². The van der Waals surface area contributed by atoms with Gasteiger partial charge in [-0.05, 0) is 0 Å². The van der Waals surface area contributed by atoms with E-state index in [1.807, 2.05) is 0 Å². The standard InChI is InChI=1S/C14H11.C9H7.C6H5.C4H7.CH4.2ClH.Zr/c1-10-5-4-7-12-9-11-6-2-3-8-13(11)14(10)12;1-2-5-9-7-3-6-8(9)4-1;1-2-4-6-5-3-1;1-3-4-2;;;;/h2-9H,1H3;1-7H;1-5H;3H,1-2,4H2;1H4;2*1H;/q;;;;;;;+2/p-2. The molecule has 0 amide bonds. The molecule has 0 heterocycles. The average molecular weight is 605 g/mol. The Bertz CT molecular complexity index is 1410. The Labute approximate surface area is 239 Å². The van der Waals surface area contributed by atoms with Crippen LogP contribution in [0.4, 0.5) is 0 Å². The normalized spacial score (nSPS) is 16.8. The number of benzene rings is 4. The number of hydrogen-bond acceptors (Lipinski definition) is 0. The predicted octanol–water partition coefficient (Wildman–Crippen LogP) is 2.95. The molecule has 0 aliphatic heterocycles. The number of allylic oxidation sites excluding steroid dienone is 2. The van der Waals surface area contributed by atoms with Crippen LogP contribution in [0.1, 0.15) is 48.9 Å². The molecule has 0 saturated carbocycles. The first-order chi connectivity index (χ1) is 16.8. The summed E-state index contributed by atoms with van der Waals surface area (Å²) in [5.41, 5.74) is 10.4. The first kappa shape index (κ1) is 29.4. The van der Waals surface area contributed by atoms with E-state index in [0.29, 0.717) is 7.25 Å². The Morgan fingerprint density at radius 3 is 2.16 bits per heavy atom. The maximum absolute atomic E-state index is 4.17. The summed E-state index contributed by atoms with van der Waals surface area (Å²) < 4.78 is 3.85. The summed E-state index contributed by atoms with van der Waals surface area (Å²) in [5, 5.41) is 0. The van der Waals surface area contributed by atoms with E-state index >= 15 is 0 Å². The Hall–Kier alpha value is -2.18. The summed E-state index contributed by atoms with van der Waals surface area (Å²) in [5.74, 6) is 0. The van der Waals surface area contributed by atoms with Crippen molar-refractivity contribution in [2.24, 2.45) is 0 Å². The van der Waals surface area contributed by atoms with Crippen molar-refractivity contribution in [3.8, 4) is 11.1 Å². The molecule has 0 nitrogen and oxygen atoms in total. The van der Waals surface area contributed by atoms with Gasteiger partial charge in [0.25, 0.3) is 0 Å². The molecule has 0 fully saturated rings. The molecule has 2 aliphatic rings. The van der Waals surface area contributed by atoms with Gasteiger partial charge in [-0.3, -0.25) is 0 Å². The minimum atomic E-state index is -3.35. The summed E-state index contributed by atoms with van der Waals surface area (Å²) in [6.45, 7) is 6.46. The van der Waals surface area contributed by atoms with Crippen LogP contribution in [0.15, 0.2) is 116 Å². The first-order valence-electron chi connectivity index (χ1n) is 12.4. The third-order valence-electron chi connectivity index (χ3n) is 8.10. The van der Waals surface area contributed by atoms with E-state index in [-0.39, 0.29) is 32.2 Å². The Balaban J connectivity index is 0.00000127. The van der Waals surface area contributed by atoms with E-state index in [4.69, 9.17) is 0 Å². The van der Waals surface area contributed by atoms with Crippen LogP contribution in [0.25, 0.3) is 17.2 Å². The molecular weight excluding hydrogens is 571 g/mol. The van der Waals surface area contributed by atoms with Gasteiger partial charge in [0.15, 0.2) is 0 Å². The molecule has 0 bridgehead atoms. The van der Waals surface area contributed by atoms with E-state index in [0.717, 1.165) is 6.42 Å². The topological polar surface area (TPSA) is 0 Å². The van der Waals surface area contributed by atoms with Gasteiger partial charge >= 0.3 is 209 Å². The molecule has 2 aliphatic carbocycles. The molecule has 0 N–H and O–H groups in total. The summed E-state index contributed by atoms with van der Waals surface area (Å²) in [6.07, 6.45) is 8.17. The van der Waals surface area contributed by atoms with E-state index in [1.54, 1.807) is 14.4 Å². The molecule has 3 unspecified atom stereocenters. The summed E-state index contributed by atoms with van der Waals surface area (Å²) in [6, 6.07) is 36.9. The minimum absolute atomic E-state index is 0. The van der Waals surface area contributed by atoms with Crippen molar-refractivity contribution in [1.29, 1.82) is 0 Å². The average Bonchev–Trinajstić information content (AvgIpc) is 3.47. The quantitative estimate of drug-likeness (QED) is 0.297. The van der Waals surface area contributed by atoms with Crippen molar-refractivity contribution in [3.63, 3.8) is 0 Å². The largest absolute Gasteiger partial charge is 1.00 e. The molecule has 188 valence electrons. The van der Waals surface area contributed by atoms with Crippen molar-refractivity contribution in [3.05, 3.63) is 144 Å². The predicted molar refractivity (Wildman–Crippen MR) is 149 cm³/mol. The zero-order chi connectivity index (χ0) is 23.1. The van der Waals surface area contributed by atoms with Crippen molar-refractivity contribution in [1.82, 2.24) is 0 Å². The molecule has 4 aromatic carbocycles. The number of aryl methyl sites for hydroxylation is 1. The fraction of sp³-hybridized carbons (Fsp3) is 0.176. The molecule has 3 heteroatoms. The van der Waals surface area contributed by atoms with Crippen LogP contribution in [0.2, 0.25) is 4.13 Å². The SMILES string of the molecule is C.C=CC[CH2][Zr+2]([c]1ccccc1)([CH]1C=Cc2ccccc21)[CH]1c2ccccc2-c2c(C)cccc21.[Cl-].[Cl-]. The van der Waals surface area contributed by atoms with Gasteiger partial charge in [-0.15, -0.1) is 0 Å². The second kappa shape index (κ2) is 12.1. The van der Waals surface area contributed by atoms with Gasteiger partial charge in [0.2, 0.25) is 0 Å². The van der Waals surface area contributed by atoms with Gasteiger partial charge in [-0.1, -0.05) is 7.43 Å². The molecular formula is C34H34Cl2Zr. The van der Waals surface area contributed by atoms with Gasteiger partial charge in [0.1, 0.15) is 0 Å². The number of halogens is 2. The van der Waals surface area contributed by atoms with Crippen molar-refractivity contribution in [2.45, 2.75) is 32.2 Å². The van der Waals surface area contributed by atoms with Gasteiger partial charge in [0.05, 0.1) is 0 Å². The van der Waals surface area contributed by atoms with Crippen LogP contribution in [0.3, 0.4) is 0 Å². The van der Waals surface area contributed by atoms with E-state index in [2.05, 4.69) is 129 Å². The monoisotopic (exact) mass is 602 g/mol. The van der Waals surface area contributed by atoms with Crippen LogP contribution in [0.5, 0.6) is 0 Å². The van der Waals surface area contributed by atoms with Crippen LogP contribution in [-0.4, -0.2) is 0 Å². The van der Waals surface area contributed by atoms with E-state index < -0.39 is 20.3 Å². The molecule has 0 radical (unpaired) electrons. The van der Waals surface area contributed by atoms with Crippen LogP contribution in [-0.2, 0) is 20.3 Å². The van der Waals surface area contributed by atoms with Crippen LogP contribution in [0, 0.1) is 6.92 Å². The molecule has 3 atom stereocenters. The number of hydrogen-bond donors (Lipinski definition) is 0. The zero-order valence-corrected chi connectivity index (χ0v) is 24.5. The third-order valence-corrected chi connectivity index (χ3v) is 22.3. The van der Waals surface area contributed by atoms with Crippen molar-refractivity contribution < 1.29 is 45.1 Å². The molecule has 0 spiro atoms. The maximum atomic E-state index is 4.17. The van der Waals surface area contributed by atoms with Crippen molar-refractivity contribution in [2.75, 3.05) is 0 Å². The fourth-order valence-corrected chi connectivity index (χ4v) is 22.2. The Morgan fingerprint density at radius 2 is 1.41 bits per heavy atom. The van der Waals surface area contributed by atoms with Gasteiger partial charge in [-0.2, -0.15) is 0 Å². The van der Waals surface area contributed by atoms with Crippen LogP contribution < -0.4 is 28.1 Å². The summed E-state index contributed by atoms with van der Waals surface area (Å²) in [4.78, 5) is 0. The van der Waals surface area contributed by atoms with Gasteiger partial charge in [0, 0.05) is 0 Å². The second-order valence-corrected chi connectivity index (χ2v) is 20.5. The van der Waals surface area contributed by atoms with Crippen LogP contribution >= 0.6 is 0 Å². The van der Waals surface area contributed by atoms with Gasteiger partial charge < -0.3 is 24.8 Å². The maximum Gasteiger partial charge on any atom is -1.00 e. The molecule has 0 saturated heterocycles. The molecule has 0 aromatic heterocycles. The second-order valence-electron chi connectivity index (χ2n) is 9.76. The first-order valence-corrected chi connectivity index (χ1v) is 18.2. The molecule has 37 heavy (non-hydrogen) atoms. The Morgan fingerprint density at radius 1 is 0.757 bits per heavy atom. The number of rotatable bonds is 6. The molecule has 6 rings (SSSR count). The van der Waals surface area contributed by atoms with E-state index in [1.165, 1.54) is 31.9 Å². The Kier molecular flexibility index (Phi) is 9.63. The van der Waals surface area contributed by atoms with Crippen molar-refractivity contribution >= 4 is 9.35 Å². The third kappa shape index (κ3) is 4.65. The summed E-state index contributed by atoms with van der Waals surface area (Å²) in [7, 11) is 0. The zero-order valence-electron chi connectivity index (χ0n) is 20.5. The summed E-state index contributed by atoms with van der Waals surface area (Å²) >= 11 is -3.35. The smallest absolute Gasteiger partial charge is 1.00 e. The molecule has 4 aromatic rings. The number of fused-ring (bicyclic) bond motifs is 4. The minimum Gasteiger partial charge on any atom is -1.00 e. The van der Waals surface area contributed by atoms with Gasteiger partial charge in [-0.25, -0.2) is 0 Å².